The monoisotopic (exact) mass is 672 g/mol. The third kappa shape index (κ3) is 8.47. The molecule has 3 aliphatic heterocycles. The average Bonchev–Trinajstić information content (AvgIpc) is 3.70. The summed E-state index contributed by atoms with van der Waals surface area (Å²) >= 11 is 0. The Hall–Kier alpha value is -3.47. The number of anilines is 1. The molecule has 5 N–H and O–H groups in total. The molecular weight excluding hydrogens is 618 g/mol. The molecule has 7 rings (SSSR count). The first-order valence-corrected chi connectivity index (χ1v) is 18.2. The fraction of sp³-hybridized carbons (Fsp3) is 0.525. The van der Waals surface area contributed by atoms with Gasteiger partial charge in [0.2, 0.25) is 6.41 Å². The number of aromatic hydroxyl groups is 1. The van der Waals surface area contributed by atoms with E-state index >= 15 is 0 Å². The molecule has 264 valence electrons. The van der Waals surface area contributed by atoms with Gasteiger partial charge in [-0.25, -0.2) is 0 Å². The van der Waals surface area contributed by atoms with Gasteiger partial charge in [-0.15, -0.1) is 0 Å². The topological polar surface area (TPSA) is 120 Å². The van der Waals surface area contributed by atoms with Crippen molar-refractivity contribution in [2.24, 2.45) is 11.8 Å². The van der Waals surface area contributed by atoms with Gasteiger partial charge < -0.3 is 39.9 Å². The molecule has 3 aromatic rings. The lowest BCUT2D eigenvalue weighted by atomic mass is 9.80. The number of ether oxygens (including phenoxy) is 2. The zero-order chi connectivity index (χ0) is 34.3. The molecule has 2 unspecified atom stereocenters. The Balaban J connectivity index is 0.949. The Labute approximate surface area is 290 Å². The predicted molar refractivity (Wildman–Crippen MR) is 190 cm³/mol. The lowest BCUT2D eigenvalue weighted by Crippen LogP contribution is -2.65. The van der Waals surface area contributed by atoms with Gasteiger partial charge in [0.25, 0.3) is 0 Å². The molecule has 49 heavy (non-hydrogen) atoms. The van der Waals surface area contributed by atoms with Crippen molar-refractivity contribution >= 4 is 12.1 Å². The van der Waals surface area contributed by atoms with Crippen LogP contribution in [0.4, 0.5) is 5.69 Å². The minimum atomic E-state index is -0.915. The summed E-state index contributed by atoms with van der Waals surface area (Å²) in [6.07, 6.45) is 7.76. The molecule has 4 aliphatic rings. The number of amides is 1. The van der Waals surface area contributed by atoms with E-state index in [1.165, 1.54) is 44.8 Å². The number of aliphatic hydroxyl groups is 2. The Kier molecular flexibility index (Phi) is 11.6. The number of phenols is 1. The van der Waals surface area contributed by atoms with Gasteiger partial charge in [0, 0.05) is 37.8 Å². The molecule has 4 fully saturated rings. The van der Waals surface area contributed by atoms with Crippen LogP contribution in [-0.2, 0) is 15.1 Å². The summed E-state index contributed by atoms with van der Waals surface area (Å²) in [4.78, 5) is 10.8. The highest BCUT2D eigenvalue weighted by Gasteiger charge is 2.48. The maximum Gasteiger partial charge on any atom is 0.211 e. The highest BCUT2D eigenvalue weighted by molar-refractivity contribution is 5.75. The van der Waals surface area contributed by atoms with Gasteiger partial charge in [0.05, 0.1) is 44.6 Å². The number of aliphatic hydroxyl groups excluding tert-OH is 1. The zero-order valence-corrected chi connectivity index (χ0v) is 28.8. The molecule has 3 saturated heterocycles. The lowest BCUT2D eigenvalue weighted by molar-refractivity contribution is -0.946. The fourth-order valence-electron chi connectivity index (χ4n) is 8.43. The van der Waals surface area contributed by atoms with Crippen LogP contribution in [0.3, 0.4) is 0 Å². The van der Waals surface area contributed by atoms with E-state index in [0.717, 1.165) is 53.7 Å². The van der Waals surface area contributed by atoms with Gasteiger partial charge in [-0.2, -0.15) is 0 Å². The normalized spacial score (nSPS) is 24.6. The number of hydrogen-bond donors (Lipinski definition) is 5. The van der Waals surface area contributed by atoms with Crippen molar-refractivity contribution in [3.63, 3.8) is 0 Å². The fourth-order valence-corrected chi connectivity index (χ4v) is 8.43. The van der Waals surface area contributed by atoms with E-state index in [1.54, 1.807) is 12.1 Å². The van der Waals surface area contributed by atoms with E-state index in [4.69, 9.17) is 9.47 Å². The molecule has 0 radical (unpaired) electrons. The third-order valence-corrected chi connectivity index (χ3v) is 11.5. The van der Waals surface area contributed by atoms with Crippen LogP contribution in [0.2, 0.25) is 0 Å². The summed E-state index contributed by atoms with van der Waals surface area (Å²) in [5.74, 6) is 1.65. The zero-order valence-electron chi connectivity index (χ0n) is 28.8. The number of piperidine rings is 3. The summed E-state index contributed by atoms with van der Waals surface area (Å²) in [5, 5.41) is 38.3. The number of nitrogens with zero attached hydrogens (tertiary/aromatic N) is 1. The van der Waals surface area contributed by atoms with Crippen LogP contribution in [0, 0.1) is 11.8 Å². The van der Waals surface area contributed by atoms with Crippen molar-refractivity contribution in [3.05, 3.63) is 89.5 Å². The summed E-state index contributed by atoms with van der Waals surface area (Å²) in [6.45, 7) is 7.91. The number of rotatable bonds is 17. The van der Waals surface area contributed by atoms with E-state index in [2.05, 4.69) is 22.8 Å². The van der Waals surface area contributed by atoms with E-state index in [1.807, 2.05) is 49.4 Å². The molecule has 9 heteroatoms. The van der Waals surface area contributed by atoms with Crippen molar-refractivity contribution < 1.29 is 34.1 Å². The second kappa shape index (κ2) is 16.0. The number of fused-ring (bicyclic) bond motifs is 3. The van der Waals surface area contributed by atoms with Crippen LogP contribution in [0.1, 0.15) is 80.7 Å². The molecule has 1 amide bonds. The van der Waals surface area contributed by atoms with Crippen LogP contribution in [0.15, 0.2) is 72.8 Å². The standard InChI is InChI=1S/C40H53N3O6/c1-29(41-25-38(46)32-14-17-37(45)36(24-32)42-28-44)30-12-15-35(16-13-30)48-23-7-20-43-21-18-31(19-22-43)39(26-43)49-27-40(47,34-10-5-6-11-34)33-8-3-2-4-9-33/h2-4,8-9,12-17,24,28-29,31,34,38-39,41,46-47H,5-7,10-11,18-23,25-27H2,1H3,(H-,42,44,45)/p+1/t29?,31?,38-,39-,40?,43?/m0/s1. The third-order valence-electron chi connectivity index (χ3n) is 11.5. The number of quaternary nitrogens is 1. The maximum absolute atomic E-state index is 12.0. The highest BCUT2D eigenvalue weighted by Crippen LogP contribution is 2.43. The summed E-state index contributed by atoms with van der Waals surface area (Å²) in [5.41, 5.74) is 2.03. The predicted octanol–water partition coefficient (Wildman–Crippen LogP) is 5.82. The summed E-state index contributed by atoms with van der Waals surface area (Å²) < 4.78 is 14.0. The van der Waals surface area contributed by atoms with Gasteiger partial charge in [-0.05, 0) is 66.6 Å². The van der Waals surface area contributed by atoms with Crippen LogP contribution in [-0.4, -0.2) is 78.3 Å². The largest absolute Gasteiger partial charge is 0.506 e. The molecular formula is C40H54N3O6+. The Morgan fingerprint density at radius 1 is 0.980 bits per heavy atom. The number of carbonyl (C=O) groups excluding carboxylic acids is 1. The second-order valence-corrected chi connectivity index (χ2v) is 14.6. The van der Waals surface area contributed by atoms with Gasteiger partial charge in [-0.3, -0.25) is 4.79 Å². The quantitative estimate of drug-likeness (QED) is 0.0531. The van der Waals surface area contributed by atoms with Crippen LogP contribution < -0.4 is 15.4 Å². The number of nitrogens with one attached hydrogen (secondary N) is 2. The Morgan fingerprint density at radius 2 is 1.69 bits per heavy atom. The number of hydrogen-bond acceptors (Lipinski definition) is 7. The van der Waals surface area contributed by atoms with Gasteiger partial charge in [0.1, 0.15) is 29.7 Å². The molecule has 1 aliphatic carbocycles. The van der Waals surface area contributed by atoms with Crippen molar-refractivity contribution in [2.75, 3.05) is 51.3 Å². The molecule has 2 bridgehead atoms. The molecule has 9 nitrogen and oxygen atoms in total. The maximum atomic E-state index is 12.0. The Morgan fingerprint density at radius 3 is 2.41 bits per heavy atom. The Bertz CT molecular complexity index is 1490. The second-order valence-electron chi connectivity index (χ2n) is 14.6. The van der Waals surface area contributed by atoms with Gasteiger partial charge in [0.15, 0.2) is 0 Å². The first-order valence-electron chi connectivity index (χ1n) is 18.2. The number of phenolic OH excluding ortho intramolecular Hbond substituents is 1. The molecule has 1 saturated carbocycles. The highest BCUT2D eigenvalue weighted by atomic mass is 16.5. The van der Waals surface area contributed by atoms with E-state index in [0.29, 0.717) is 37.6 Å². The van der Waals surface area contributed by atoms with Crippen molar-refractivity contribution in [3.8, 4) is 11.5 Å². The minimum Gasteiger partial charge on any atom is -0.506 e. The van der Waals surface area contributed by atoms with Gasteiger partial charge >= 0.3 is 0 Å². The summed E-state index contributed by atoms with van der Waals surface area (Å²) in [7, 11) is 0. The van der Waals surface area contributed by atoms with Crippen molar-refractivity contribution in [2.45, 2.75) is 75.7 Å². The van der Waals surface area contributed by atoms with E-state index in [9.17, 15) is 20.1 Å². The smallest absolute Gasteiger partial charge is 0.211 e. The summed E-state index contributed by atoms with van der Waals surface area (Å²) in [6, 6.07) is 23.0. The lowest BCUT2D eigenvalue weighted by Gasteiger charge is -2.53. The SMILES string of the molecule is CC(NC[C@H](O)c1ccc(O)c(NC=O)c1)c1ccc(OCCC[N+]23CCC(CC2)[C@@H](OCC(O)(c2ccccc2)C2CCCC2)C3)cc1. The first-order chi connectivity index (χ1) is 23.8. The minimum absolute atomic E-state index is 0.00299. The molecule has 4 atom stereocenters. The molecule has 3 heterocycles. The number of carbonyl (C=O) groups is 1. The van der Waals surface area contributed by atoms with Crippen LogP contribution >= 0.6 is 0 Å². The van der Waals surface area contributed by atoms with E-state index < -0.39 is 11.7 Å². The van der Waals surface area contributed by atoms with Crippen LogP contribution in [0.25, 0.3) is 0 Å². The van der Waals surface area contributed by atoms with Crippen molar-refractivity contribution in [1.82, 2.24) is 5.32 Å². The molecule has 0 spiro atoms. The number of benzene rings is 3. The first kappa shape index (κ1) is 35.4. The molecule has 3 aromatic carbocycles. The average molecular weight is 673 g/mol. The molecule has 0 aromatic heterocycles. The van der Waals surface area contributed by atoms with Crippen molar-refractivity contribution in [1.29, 1.82) is 0 Å². The van der Waals surface area contributed by atoms with Gasteiger partial charge in [-0.1, -0.05) is 61.4 Å². The van der Waals surface area contributed by atoms with Crippen LogP contribution in [0.5, 0.6) is 11.5 Å². The van der Waals surface area contributed by atoms with E-state index in [-0.39, 0.29) is 29.5 Å².